The highest BCUT2D eigenvalue weighted by molar-refractivity contribution is 4.94. The molecule has 2 rings (SSSR count). The molecule has 2 atom stereocenters. The molecular formula is C16H31NO. The lowest BCUT2D eigenvalue weighted by atomic mass is 9.71. The van der Waals surface area contributed by atoms with Crippen LogP contribution < -0.4 is 0 Å². The molecule has 0 spiro atoms. The maximum atomic E-state index is 5.37. The van der Waals surface area contributed by atoms with E-state index in [1.54, 1.807) is 0 Å². The van der Waals surface area contributed by atoms with E-state index in [0.29, 0.717) is 10.8 Å². The van der Waals surface area contributed by atoms with Gasteiger partial charge in [0.25, 0.3) is 0 Å². The van der Waals surface area contributed by atoms with Crippen LogP contribution in [0.25, 0.3) is 0 Å². The van der Waals surface area contributed by atoms with Crippen LogP contribution in [0.5, 0.6) is 0 Å². The molecule has 0 N–H and O–H groups in total. The predicted octanol–water partition coefficient (Wildman–Crippen LogP) is 3.42. The fourth-order valence-corrected chi connectivity index (χ4v) is 3.41. The lowest BCUT2D eigenvalue weighted by Crippen LogP contribution is -2.43. The van der Waals surface area contributed by atoms with Crippen molar-refractivity contribution in [2.75, 3.05) is 26.8 Å². The molecule has 0 aromatic heterocycles. The molecule has 0 aliphatic carbocycles. The van der Waals surface area contributed by atoms with Gasteiger partial charge in [-0.3, -0.25) is 0 Å². The monoisotopic (exact) mass is 253 g/mol. The van der Waals surface area contributed by atoms with E-state index >= 15 is 0 Å². The fraction of sp³-hybridized carbons (Fsp3) is 1.00. The summed E-state index contributed by atoms with van der Waals surface area (Å²) in [6.07, 6.45) is 2.70. The molecule has 2 nitrogen and oxygen atoms in total. The molecule has 0 amide bonds. The number of likely N-dealkylation sites (tertiary alicyclic amines) is 1. The van der Waals surface area contributed by atoms with E-state index < -0.39 is 0 Å². The fourth-order valence-electron chi connectivity index (χ4n) is 3.41. The van der Waals surface area contributed by atoms with E-state index in [9.17, 15) is 0 Å². The van der Waals surface area contributed by atoms with Crippen molar-refractivity contribution in [2.45, 2.75) is 53.5 Å². The van der Waals surface area contributed by atoms with E-state index in [1.165, 1.54) is 19.4 Å². The molecule has 2 aliphatic heterocycles. The Morgan fingerprint density at radius 3 is 2.06 bits per heavy atom. The summed E-state index contributed by atoms with van der Waals surface area (Å²) < 4.78 is 5.37. The van der Waals surface area contributed by atoms with E-state index in [-0.39, 0.29) is 0 Å². The van der Waals surface area contributed by atoms with Gasteiger partial charge in [0.15, 0.2) is 0 Å². The third-order valence-electron chi connectivity index (χ3n) is 5.42. The van der Waals surface area contributed by atoms with Gasteiger partial charge in [-0.25, -0.2) is 0 Å². The van der Waals surface area contributed by atoms with Crippen LogP contribution in [0.4, 0.5) is 0 Å². The SMILES string of the molecule is CN1CC(C(C)(C)C)CC1CC(C)(C)C1COC1. The van der Waals surface area contributed by atoms with E-state index in [1.807, 2.05) is 0 Å². The van der Waals surface area contributed by atoms with Gasteiger partial charge in [0.05, 0.1) is 13.2 Å². The van der Waals surface area contributed by atoms with E-state index in [0.717, 1.165) is 31.1 Å². The largest absolute Gasteiger partial charge is 0.381 e. The molecule has 2 aliphatic rings. The van der Waals surface area contributed by atoms with Crippen LogP contribution >= 0.6 is 0 Å². The van der Waals surface area contributed by atoms with Crippen LogP contribution in [0, 0.1) is 22.7 Å². The van der Waals surface area contributed by atoms with Crippen LogP contribution in [0.15, 0.2) is 0 Å². The van der Waals surface area contributed by atoms with Gasteiger partial charge in [0.2, 0.25) is 0 Å². The summed E-state index contributed by atoms with van der Waals surface area (Å²) in [5.41, 5.74) is 0.886. The smallest absolute Gasteiger partial charge is 0.0521 e. The maximum Gasteiger partial charge on any atom is 0.0521 e. The second kappa shape index (κ2) is 4.79. The molecule has 2 saturated heterocycles. The van der Waals surface area contributed by atoms with Crippen molar-refractivity contribution >= 4 is 0 Å². The first-order valence-electron chi connectivity index (χ1n) is 7.48. The molecule has 0 radical (unpaired) electrons. The lowest BCUT2D eigenvalue weighted by molar-refractivity contribution is -0.0945. The van der Waals surface area contributed by atoms with Gasteiger partial charge in [-0.2, -0.15) is 0 Å². The van der Waals surface area contributed by atoms with Gasteiger partial charge in [0, 0.05) is 18.5 Å². The highest BCUT2D eigenvalue weighted by atomic mass is 16.5. The van der Waals surface area contributed by atoms with Crippen LogP contribution in [0.2, 0.25) is 0 Å². The molecule has 0 aromatic carbocycles. The number of ether oxygens (including phenoxy) is 1. The molecule has 106 valence electrons. The highest BCUT2D eigenvalue weighted by Crippen LogP contribution is 2.43. The van der Waals surface area contributed by atoms with E-state index in [4.69, 9.17) is 4.74 Å². The second-order valence-corrected chi connectivity index (χ2v) is 8.32. The molecule has 2 heterocycles. The predicted molar refractivity (Wildman–Crippen MR) is 76.7 cm³/mol. The standard InChI is InChI=1S/C16H31NO/c1-15(2,3)12-7-14(17(6)9-12)8-16(4,5)13-10-18-11-13/h12-14H,7-11H2,1-6H3. The third kappa shape index (κ3) is 2.91. The quantitative estimate of drug-likeness (QED) is 0.764. The molecular weight excluding hydrogens is 222 g/mol. The van der Waals surface area contributed by atoms with Gasteiger partial charge < -0.3 is 9.64 Å². The Morgan fingerprint density at radius 1 is 1.06 bits per heavy atom. The topological polar surface area (TPSA) is 12.5 Å². The summed E-state index contributed by atoms with van der Waals surface area (Å²) in [4.78, 5) is 2.59. The Kier molecular flexibility index (Phi) is 3.81. The summed E-state index contributed by atoms with van der Waals surface area (Å²) in [6, 6.07) is 0.768. The van der Waals surface area contributed by atoms with Crippen LogP contribution in [0.3, 0.4) is 0 Å². The van der Waals surface area contributed by atoms with Gasteiger partial charge in [-0.1, -0.05) is 34.6 Å². The molecule has 2 unspecified atom stereocenters. The van der Waals surface area contributed by atoms with Crippen LogP contribution in [-0.4, -0.2) is 37.7 Å². The van der Waals surface area contributed by atoms with Crippen molar-refractivity contribution in [2.24, 2.45) is 22.7 Å². The molecule has 2 fully saturated rings. The Morgan fingerprint density at radius 2 is 1.67 bits per heavy atom. The first-order chi connectivity index (χ1) is 8.20. The average molecular weight is 253 g/mol. The lowest BCUT2D eigenvalue weighted by Gasteiger charge is -2.42. The minimum Gasteiger partial charge on any atom is -0.381 e. The molecule has 0 saturated carbocycles. The van der Waals surface area contributed by atoms with Crippen LogP contribution in [0.1, 0.15) is 47.5 Å². The first-order valence-corrected chi connectivity index (χ1v) is 7.48. The minimum absolute atomic E-state index is 0.434. The summed E-state index contributed by atoms with van der Waals surface area (Å²) >= 11 is 0. The minimum atomic E-state index is 0.434. The summed E-state index contributed by atoms with van der Waals surface area (Å²) in [5, 5.41) is 0. The van der Waals surface area contributed by atoms with Crippen molar-refractivity contribution in [3.8, 4) is 0 Å². The zero-order valence-corrected chi connectivity index (χ0v) is 13.1. The van der Waals surface area contributed by atoms with Crippen molar-refractivity contribution in [1.29, 1.82) is 0 Å². The zero-order valence-electron chi connectivity index (χ0n) is 13.1. The van der Waals surface area contributed by atoms with Gasteiger partial charge >= 0.3 is 0 Å². The summed E-state index contributed by atoms with van der Waals surface area (Å²) in [6.45, 7) is 15.2. The number of hydrogen-bond donors (Lipinski definition) is 0. The Balaban J connectivity index is 1.93. The Bertz CT molecular complexity index is 288. The molecule has 2 heteroatoms. The maximum absolute atomic E-state index is 5.37. The van der Waals surface area contributed by atoms with Crippen molar-refractivity contribution in [3.05, 3.63) is 0 Å². The van der Waals surface area contributed by atoms with E-state index in [2.05, 4.69) is 46.6 Å². The summed E-state index contributed by atoms with van der Waals surface area (Å²) in [7, 11) is 2.31. The van der Waals surface area contributed by atoms with Crippen molar-refractivity contribution in [3.63, 3.8) is 0 Å². The van der Waals surface area contributed by atoms with Crippen molar-refractivity contribution in [1.82, 2.24) is 4.90 Å². The first kappa shape index (κ1) is 14.3. The normalized spacial score (nSPS) is 31.7. The number of rotatable bonds is 3. The molecule has 0 aromatic rings. The number of nitrogens with zero attached hydrogens (tertiary/aromatic N) is 1. The summed E-state index contributed by atoms with van der Waals surface area (Å²) in [5.74, 6) is 1.63. The Labute approximate surface area is 113 Å². The van der Waals surface area contributed by atoms with Gasteiger partial charge in [0.1, 0.15) is 0 Å². The highest BCUT2D eigenvalue weighted by Gasteiger charge is 2.42. The molecule has 18 heavy (non-hydrogen) atoms. The number of hydrogen-bond acceptors (Lipinski definition) is 2. The molecule has 0 bridgehead atoms. The van der Waals surface area contributed by atoms with Gasteiger partial charge in [-0.05, 0) is 36.6 Å². The Hall–Kier alpha value is -0.0800. The van der Waals surface area contributed by atoms with Gasteiger partial charge in [-0.15, -0.1) is 0 Å². The zero-order chi connectivity index (χ0) is 13.6. The third-order valence-corrected chi connectivity index (χ3v) is 5.42. The van der Waals surface area contributed by atoms with Crippen molar-refractivity contribution < 1.29 is 4.74 Å². The van der Waals surface area contributed by atoms with Crippen LogP contribution in [-0.2, 0) is 4.74 Å². The average Bonchev–Trinajstić information content (AvgIpc) is 2.41. The second-order valence-electron chi connectivity index (χ2n) is 8.32.